The van der Waals surface area contributed by atoms with Gasteiger partial charge in [-0.2, -0.15) is 0 Å². The molecule has 0 fully saturated rings. The predicted molar refractivity (Wildman–Crippen MR) is 122 cm³/mol. The number of carbonyl (C=O) groups excluding carboxylic acids is 1. The smallest absolute Gasteiger partial charge is 0.291 e. The lowest BCUT2D eigenvalue weighted by atomic mass is 10.1. The summed E-state index contributed by atoms with van der Waals surface area (Å²) in [7, 11) is -3.87. The Morgan fingerprint density at radius 1 is 1.03 bits per heavy atom. The van der Waals surface area contributed by atoms with Gasteiger partial charge in [-0.15, -0.1) is 0 Å². The summed E-state index contributed by atoms with van der Waals surface area (Å²) in [6.45, 7) is 7.35. The highest BCUT2D eigenvalue weighted by Crippen LogP contribution is 2.28. The monoisotopic (exact) mass is 453 g/mol. The molecule has 2 N–H and O–H groups in total. The minimum atomic E-state index is -3.87. The van der Waals surface area contributed by atoms with Crippen molar-refractivity contribution in [2.75, 3.05) is 10.0 Å². The fraction of sp³-hybridized carbons (Fsp3) is 0.217. The molecule has 0 aliphatic carbocycles. The number of aromatic nitrogens is 1. The quantitative estimate of drug-likeness (QED) is 0.426. The van der Waals surface area contributed by atoms with Gasteiger partial charge in [0.25, 0.3) is 15.9 Å². The van der Waals surface area contributed by atoms with Gasteiger partial charge < -0.3 is 14.3 Å². The van der Waals surface area contributed by atoms with E-state index >= 15 is 0 Å². The van der Waals surface area contributed by atoms with Crippen molar-refractivity contribution in [2.24, 2.45) is 0 Å². The third-order valence-electron chi connectivity index (χ3n) is 5.42. The number of carbonyl (C=O) groups is 1. The maximum absolute atomic E-state index is 12.8. The molecule has 0 unspecified atom stereocenters. The summed E-state index contributed by atoms with van der Waals surface area (Å²) < 4.78 is 38.4. The number of furan rings is 1. The zero-order valence-corrected chi connectivity index (χ0v) is 19.0. The van der Waals surface area contributed by atoms with Crippen LogP contribution in [0.3, 0.4) is 0 Å². The minimum Gasteiger partial charge on any atom is -0.451 e. The van der Waals surface area contributed by atoms with Gasteiger partial charge >= 0.3 is 0 Å². The van der Waals surface area contributed by atoms with Crippen molar-refractivity contribution in [3.8, 4) is 0 Å². The molecule has 0 bridgehead atoms. The Kier molecular flexibility index (Phi) is 5.52. The van der Waals surface area contributed by atoms with Crippen molar-refractivity contribution in [2.45, 2.75) is 39.0 Å². The van der Waals surface area contributed by atoms with E-state index < -0.39 is 15.9 Å². The average Bonchev–Trinajstić information content (AvgIpc) is 3.27. The zero-order valence-electron chi connectivity index (χ0n) is 18.1. The van der Waals surface area contributed by atoms with E-state index in [1.54, 1.807) is 13.8 Å². The molecule has 4 rings (SSSR count). The SMILES string of the molecule is CCc1ccc2oc(C(=O)Nc3ccc(S(=O)(=O)Nc4onc(C)c4C)cc3)c(C)c2c1. The Morgan fingerprint density at radius 2 is 1.75 bits per heavy atom. The van der Waals surface area contributed by atoms with Gasteiger partial charge in [-0.25, -0.2) is 13.1 Å². The van der Waals surface area contributed by atoms with E-state index in [9.17, 15) is 13.2 Å². The molecule has 0 saturated heterocycles. The molecule has 0 saturated carbocycles. The maximum Gasteiger partial charge on any atom is 0.291 e. The van der Waals surface area contributed by atoms with Crippen molar-refractivity contribution in [3.63, 3.8) is 0 Å². The standard InChI is InChI=1S/C23H23N3O5S/c1-5-16-6-11-20-19(12-16)14(3)21(30-20)22(27)24-17-7-9-18(10-8-17)32(28,29)26-23-13(2)15(4)25-31-23/h6-12,26H,5H2,1-4H3,(H,24,27). The number of fused-ring (bicyclic) bond motifs is 1. The number of sulfonamides is 1. The molecule has 2 aromatic heterocycles. The number of aryl methyl sites for hydroxylation is 3. The second-order valence-electron chi connectivity index (χ2n) is 7.55. The van der Waals surface area contributed by atoms with Crippen LogP contribution in [-0.4, -0.2) is 19.5 Å². The highest BCUT2D eigenvalue weighted by atomic mass is 32.2. The molecule has 32 heavy (non-hydrogen) atoms. The number of rotatable bonds is 6. The van der Waals surface area contributed by atoms with Gasteiger partial charge in [-0.05, 0) is 69.2 Å². The summed E-state index contributed by atoms with van der Waals surface area (Å²) in [5.74, 6) is -0.104. The highest BCUT2D eigenvalue weighted by molar-refractivity contribution is 7.92. The molecule has 0 spiro atoms. The number of hydrogen-bond acceptors (Lipinski definition) is 6. The summed E-state index contributed by atoms with van der Waals surface area (Å²) in [6.07, 6.45) is 0.891. The first kappa shape index (κ1) is 21.6. The summed E-state index contributed by atoms with van der Waals surface area (Å²) in [5.41, 5.74) is 4.23. The van der Waals surface area contributed by atoms with Crippen LogP contribution in [0.25, 0.3) is 11.0 Å². The molecule has 0 atom stereocenters. The van der Waals surface area contributed by atoms with Crippen LogP contribution < -0.4 is 10.0 Å². The Morgan fingerprint density at radius 3 is 2.38 bits per heavy atom. The lowest BCUT2D eigenvalue weighted by Crippen LogP contribution is -2.14. The normalized spacial score (nSPS) is 11.6. The van der Waals surface area contributed by atoms with E-state index in [0.29, 0.717) is 22.5 Å². The second-order valence-corrected chi connectivity index (χ2v) is 9.23. The minimum absolute atomic E-state index is 0.0240. The fourth-order valence-corrected chi connectivity index (χ4v) is 4.35. The van der Waals surface area contributed by atoms with Gasteiger partial charge in [0.05, 0.1) is 10.6 Å². The third kappa shape index (κ3) is 3.99. The van der Waals surface area contributed by atoms with Crippen LogP contribution >= 0.6 is 0 Å². The molecular weight excluding hydrogens is 430 g/mol. The Bertz CT molecular complexity index is 1420. The summed E-state index contributed by atoms with van der Waals surface area (Å²) in [6, 6.07) is 11.7. The van der Waals surface area contributed by atoms with Crippen LogP contribution in [-0.2, 0) is 16.4 Å². The number of hydrogen-bond donors (Lipinski definition) is 2. The molecular formula is C23H23N3O5S. The number of nitrogens with one attached hydrogen (secondary N) is 2. The molecule has 4 aromatic rings. The van der Waals surface area contributed by atoms with Crippen LogP contribution in [0.2, 0.25) is 0 Å². The number of anilines is 2. The van der Waals surface area contributed by atoms with Gasteiger partial charge in [0, 0.05) is 22.2 Å². The molecule has 8 nitrogen and oxygen atoms in total. The van der Waals surface area contributed by atoms with Gasteiger partial charge in [-0.3, -0.25) is 4.79 Å². The van der Waals surface area contributed by atoms with Gasteiger partial charge in [-0.1, -0.05) is 18.1 Å². The molecule has 0 aliphatic rings. The van der Waals surface area contributed by atoms with Crippen LogP contribution in [0.4, 0.5) is 11.6 Å². The first-order valence-corrected chi connectivity index (χ1v) is 11.6. The van der Waals surface area contributed by atoms with E-state index in [-0.39, 0.29) is 16.5 Å². The predicted octanol–water partition coefficient (Wildman–Crippen LogP) is 4.96. The van der Waals surface area contributed by atoms with Crippen LogP contribution in [0.1, 0.15) is 39.9 Å². The summed E-state index contributed by atoms with van der Waals surface area (Å²) in [4.78, 5) is 12.8. The average molecular weight is 454 g/mol. The van der Waals surface area contributed by atoms with Crippen molar-refractivity contribution in [3.05, 3.63) is 70.6 Å². The molecule has 1 amide bonds. The largest absolute Gasteiger partial charge is 0.451 e. The Hall–Kier alpha value is -3.59. The number of benzene rings is 2. The topological polar surface area (TPSA) is 114 Å². The van der Waals surface area contributed by atoms with Crippen LogP contribution in [0, 0.1) is 20.8 Å². The van der Waals surface area contributed by atoms with Crippen molar-refractivity contribution in [1.82, 2.24) is 5.16 Å². The number of amides is 1. The van der Waals surface area contributed by atoms with E-state index in [4.69, 9.17) is 8.94 Å². The van der Waals surface area contributed by atoms with Gasteiger partial charge in [0.2, 0.25) is 5.88 Å². The second kappa shape index (κ2) is 8.16. The lowest BCUT2D eigenvalue weighted by molar-refractivity contribution is 0.0998. The Labute approximate surface area is 185 Å². The van der Waals surface area contributed by atoms with Crippen molar-refractivity contribution in [1.29, 1.82) is 0 Å². The molecule has 2 aromatic carbocycles. The fourth-order valence-electron chi connectivity index (χ4n) is 3.30. The Balaban J connectivity index is 1.52. The third-order valence-corrected chi connectivity index (χ3v) is 6.77. The van der Waals surface area contributed by atoms with E-state index in [0.717, 1.165) is 22.9 Å². The van der Waals surface area contributed by atoms with E-state index in [1.165, 1.54) is 24.3 Å². The summed E-state index contributed by atoms with van der Waals surface area (Å²) >= 11 is 0. The van der Waals surface area contributed by atoms with Crippen molar-refractivity contribution < 1.29 is 22.2 Å². The molecule has 2 heterocycles. The first-order valence-electron chi connectivity index (χ1n) is 10.1. The van der Waals surface area contributed by atoms with Crippen LogP contribution in [0.15, 0.2) is 56.3 Å². The lowest BCUT2D eigenvalue weighted by Gasteiger charge is -2.08. The zero-order chi connectivity index (χ0) is 23.0. The molecule has 9 heteroatoms. The molecule has 0 aliphatic heterocycles. The first-order chi connectivity index (χ1) is 15.2. The van der Waals surface area contributed by atoms with E-state index in [2.05, 4.69) is 22.1 Å². The molecule has 0 radical (unpaired) electrons. The van der Waals surface area contributed by atoms with Crippen LogP contribution in [0.5, 0.6) is 0 Å². The van der Waals surface area contributed by atoms with Crippen molar-refractivity contribution >= 4 is 38.5 Å². The maximum atomic E-state index is 12.8. The number of nitrogens with zero attached hydrogens (tertiary/aromatic N) is 1. The highest BCUT2D eigenvalue weighted by Gasteiger charge is 2.21. The molecule has 166 valence electrons. The summed E-state index contributed by atoms with van der Waals surface area (Å²) in [5, 5.41) is 7.40. The van der Waals surface area contributed by atoms with Gasteiger partial charge in [0.1, 0.15) is 5.58 Å². The van der Waals surface area contributed by atoms with Gasteiger partial charge in [0.15, 0.2) is 5.76 Å². The van der Waals surface area contributed by atoms with E-state index in [1.807, 2.05) is 25.1 Å².